The molecule has 0 radical (unpaired) electrons. The second-order valence-electron chi connectivity index (χ2n) is 4.31. The molecule has 0 aliphatic carbocycles. The lowest BCUT2D eigenvalue weighted by molar-refractivity contribution is 0.523. The van der Waals surface area contributed by atoms with Crippen LogP contribution in [0.2, 0.25) is 0 Å². The Kier molecular flexibility index (Phi) is 3.48. The largest absolute Gasteiger partial charge is 0.458 e. The molecule has 1 heterocycles. The van der Waals surface area contributed by atoms with E-state index in [1.807, 2.05) is 48.5 Å². The number of rotatable bonds is 2. The van der Waals surface area contributed by atoms with Crippen LogP contribution in [0.5, 0.6) is 0 Å². The van der Waals surface area contributed by atoms with Crippen molar-refractivity contribution in [1.29, 1.82) is 0 Å². The van der Waals surface area contributed by atoms with Crippen molar-refractivity contribution in [1.82, 2.24) is 0 Å². The van der Waals surface area contributed by atoms with Crippen molar-refractivity contribution in [2.45, 2.75) is 6.04 Å². The van der Waals surface area contributed by atoms with Crippen molar-refractivity contribution < 1.29 is 4.42 Å². The number of nitrogens with two attached hydrogens (primary N) is 1. The first-order chi connectivity index (χ1) is 9.16. The van der Waals surface area contributed by atoms with Gasteiger partial charge >= 0.3 is 0 Å². The highest BCUT2D eigenvalue weighted by molar-refractivity contribution is 9.11. The monoisotopic (exact) mass is 379 g/mol. The van der Waals surface area contributed by atoms with Gasteiger partial charge in [0.25, 0.3) is 0 Å². The van der Waals surface area contributed by atoms with Crippen LogP contribution in [0.25, 0.3) is 11.0 Å². The topological polar surface area (TPSA) is 39.2 Å². The normalized spacial score (nSPS) is 12.8. The van der Waals surface area contributed by atoms with Crippen LogP contribution in [-0.2, 0) is 0 Å². The van der Waals surface area contributed by atoms with Gasteiger partial charge < -0.3 is 10.2 Å². The molecule has 1 aromatic heterocycles. The zero-order valence-electron chi connectivity index (χ0n) is 9.94. The van der Waals surface area contributed by atoms with Crippen LogP contribution in [0.15, 0.2) is 61.9 Å². The third kappa shape index (κ3) is 2.36. The molecular formula is C15H11Br2NO. The van der Waals surface area contributed by atoms with Crippen LogP contribution in [0, 0.1) is 0 Å². The molecule has 19 heavy (non-hydrogen) atoms. The summed E-state index contributed by atoms with van der Waals surface area (Å²) >= 11 is 7.01. The fourth-order valence-electron chi connectivity index (χ4n) is 2.08. The SMILES string of the molecule is NC(c1cc2cccc(Br)c2o1)c1ccccc1Br. The van der Waals surface area contributed by atoms with Gasteiger partial charge in [0.15, 0.2) is 0 Å². The highest BCUT2D eigenvalue weighted by Crippen LogP contribution is 2.33. The van der Waals surface area contributed by atoms with E-state index in [4.69, 9.17) is 10.2 Å². The summed E-state index contributed by atoms with van der Waals surface area (Å²) < 4.78 is 7.81. The Morgan fingerprint density at radius 1 is 0.947 bits per heavy atom. The molecule has 2 aromatic carbocycles. The van der Waals surface area contributed by atoms with Gasteiger partial charge in [-0.1, -0.05) is 46.3 Å². The third-order valence-corrected chi connectivity index (χ3v) is 4.41. The molecule has 2 N–H and O–H groups in total. The molecule has 0 saturated carbocycles. The molecule has 0 amide bonds. The number of para-hydroxylation sites is 1. The van der Waals surface area contributed by atoms with Gasteiger partial charge in [-0.25, -0.2) is 0 Å². The molecule has 0 fully saturated rings. The van der Waals surface area contributed by atoms with Crippen LogP contribution in [0.3, 0.4) is 0 Å². The van der Waals surface area contributed by atoms with Gasteiger partial charge in [-0.05, 0) is 39.7 Å². The average molecular weight is 381 g/mol. The number of hydrogen-bond acceptors (Lipinski definition) is 2. The number of furan rings is 1. The Hall–Kier alpha value is -1.10. The molecule has 1 atom stereocenters. The standard InChI is InChI=1S/C15H11Br2NO/c16-11-6-2-1-5-10(11)14(18)13-8-9-4-3-7-12(17)15(9)19-13/h1-8,14H,18H2. The van der Waals surface area contributed by atoms with E-state index >= 15 is 0 Å². The molecule has 0 aliphatic heterocycles. The second-order valence-corrected chi connectivity index (χ2v) is 6.01. The lowest BCUT2D eigenvalue weighted by atomic mass is 10.1. The number of benzene rings is 2. The Morgan fingerprint density at radius 3 is 2.42 bits per heavy atom. The number of hydrogen-bond donors (Lipinski definition) is 1. The Bertz CT molecular complexity index is 736. The average Bonchev–Trinajstić information content (AvgIpc) is 2.84. The van der Waals surface area contributed by atoms with E-state index in [-0.39, 0.29) is 6.04 Å². The van der Waals surface area contributed by atoms with Crippen LogP contribution >= 0.6 is 31.9 Å². The minimum absolute atomic E-state index is 0.283. The molecule has 0 saturated heterocycles. The van der Waals surface area contributed by atoms with Crippen LogP contribution in [0.4, 0.5) is 0 Å². The van der Waals surface area contributed by atoms with Crippen molar-refractivity contribution in [3.05, 3.63) is 68.8 Å². The second kappa shape index (κ2) is 5.12. The minimum atomic E-state index is -0.283. The minimum Gasteiger partial charge on any atom is -0.458 e. The van der Waals surface area contributed by atoms with Crippen LogP contribution < -0.4 is 5.73 Å². The van der Waals surface area contributed by atoms with Gasteiger partial charge in [0.1, 0.15) is 11.3 Å². The third-order valence-electron chi connectivity index (χ3n) is 3.06. The highest BCUT2D eigenvalue weighted by atomic mass is 79.9. The van der Waals surface area contributed by atoms with Gasteiger partial charge in [-0.2, -0.15) is 0 Å². The lowest BCUT2D eigenvalue weighted by Gasteiger charge is -2.10. The smallest absolute Gasteiger partial charge is 0.148 e. The summed E-state index contributed by atoms with van der Waals surface area (Å²) in [5, 5.41) is 1.05. The summed E-state index contributed by atoms with van der Waals surface area (Å²) in [6.07, 6.45) is 0. The van der Waals surface area contributed by atoms with Crippen molar-refractivity contribution in [2.75, 3.05) is 0 Å². The van der Waals surface area contributed by atoms with Crippen molar-refractivity contribution in [2.24, 2.45) is 5.73 Å². The van der Waals surface area contributed by atoms with E-state index in [0.717, 1.165) is 31.2 Å². The van der Waals surface area contributed by atoms with E-state index in [2.05, 4.69) is 31.9 Å². The van der Waals surface area contributed by atoms with E-state index in [1.54, 1.807) is 0 Å². The summed E-state index contributed by atoms with van der Waals surface area (Å²) in [6.45, 7) is 0. The molecular weight excluding hydrogens is 370 g/mol. The first-order valence-electron chi connectivity index (χ1n) is 5.85. The first-order valence-corrected chi connectivity index (χ1v) is 7.43. The fourth-order valence-corrected chi connectivity index (χ4v) is 3.08. The van der Waals surface area contributed by atoms with Gasteiger partial charge in [0.2, 0.25) is 0 Å². The molecule has 3 aromatic rings. The van der Waals surface area contributed by atoms with Gasteiger partial charge in [-0.3, -0.25) is 0 Å². The van der Waals surface area contributed by atoms with Crippen molar-refractivity contribution in [3.8, 4) is 0 Å². The summed E-state index contributed by atoms with van der Waals surface area (Å²) in [7, 11) is 0. The quantitative estimate of drug-likeness (QED) is 0.678. The van der Waals surface area contributed by atoms with E-state index < -0.39 is 0 Å². The Labute approximate surface area is 127 Å². The van der Waals surface area contributed by atoms with Crippen LogP contribution in [0.1, 0.15) is 17.4 Å². The molecule has 0 spiro atoms. The maximum absolute atomic E-state index is 6.29. The predicted molar refractivity (Wildman–Crippen MR) is 84.1 cm³/mol. The Balaban J connectivity index is 2.10. The van der Waals surface area contributed by atoms with Gasteiger partial charge in [0.05, 0.1) is 10.5 Å². The summed E-state index contributed by atoms with van der Waals surface area (Å²) in [5.74, 6) is 0.758. The van der Waals surface area contributed by atoms with Crippen molar-refractivity contribution in [3.63, 3.8) is 0 Å². The highest BCUT2D eigenvalue weighted by Gasteiger charge is 2.17. The zero-order chi connectivity index (χ0) is 13.4. The fraction of sp³-hybridized carbons (Fsp3) is 0.0667. The van der Waals surface area contributed by atoms with E-state index in [9.17, 15) is 0 Å². The summed E-state index contributed by atoms with van der Waals surface area (Å²) in [5.41, 5.74) is 8.14. The van der Waals surface area contributed by atoms with Gasteiger partial charge in [-0.15, -0.1) is 0 Å². The molecule has 96 valence electrons. The van der Waals surface area contributed by atoms with E-state index in [0.29, 0.717) is 0 Å². The summed E-state index contributed by atoms with van der Waals surface area (Å²) in [4.78, 5) is 0. The molecule has 1 unspecified atom stereocenters. The molecule has 0 aliphatic rings. The maximum atomic E-state index is 6.29. The predicted octanol–water partition coefficient (Wildman–Crippen LogP) is 5.01. The Morgan fingerprint density at radius 2 is 1.68 bits per heavy atom. The number of halogens is 2. The van der Waals surface area contributed by atoms with Gasteiger partial charge in [0, 0.05) is 9.86 Å². The van der Waals surface area contributed by atoms with Crippen molar-refractivity contribution >= 4 is 42.8 Å². The zero-order valence-corrected chi connectivity index (χ0v) is 13.1. The summed E-state index contributed by atoms with van der Waals surface area (Å²) in [6, 6.07) is 15.6. The first kappa shape index (κ1) is 12.9. The molecule has 0 bridgehead atoms. The maximum Gasteiger partial charge on any atom is 0.148 e. The molecule has 4 heteroatoms. The lowest BCUT2D eigenvalue weighted by Crippen LogP contribution is -2.11. The van der Waals surface area contributed by atoms with Crippen LogP contribution in [-0.4, -0.2) is 0 Å². The van der Waals surface area contributed by atoms with E-state index in [1.165, 1.54) is 0 Å². The molecule has 2 nitrogen and oxygen atoms in total. The molecule has 3 rings (SSSR count). The number of fused-ring (bicyclic) bond motifs is 1.